The van der Waals surface area contributed by atoms with Crippen LogP contribution in [-0.2, 0) is 35.7 Å². The van der Waals surface area contributed by atoms with Crippen LogP contribution in [0.5, 0.6) is 5.75 Å². The largest absolute Gasteiger partial charge is 0.493 e. The minimum absolute atomic E-state index is 0.0256. The number of carbonyl (C=O) groups is 2. The predicted molar refractivity (Wildman–Crippen MR) is 163 cm³/mol. The fraction of sp³-hybridized carbons (Fsp3) is 0.412. The van der Waals surface area contributed by atoms with Crippen molar-refractivity contribution in [3.8, 4) is 5.75 Å². The Kier molecular flexibility index (Phi) is 11.0. The van der Waals surface area contributed by atoms with Crippen molar-refractivity contribution in [3.05, 3.63) is 101 Å². The zero-order chi connectivity index (χ0) is 29.0. The number of benzene rings is 3. The molecule has 222 valence electrons. The van der Waals surface area contributed by atoms with Gasteiger partial charge in [-0.15, -0.1) is 0 Å². The Balaban J connectivity index is 1.27. The summed E-state index contributed by atoms with van der Waals surface area (Å²) in [5.41, 5.74) is 4.98. The lowest BCUT2D eigenvalue weighted by atomic mass is 10.1. The lowest BCUT2D eigenvalue weighted by molar-refractivity contribution is -0.122. The van der Waals surface area contributed by atoms with E-state index in [9.17, 15) is 9.59 Å². The highest BCUT2D eigenvalue weighted by atomic mass is 16.5. The topological polar surface area (TPSA) is 83.1 Å². The molecular weight excluding hydrogens is 528 g/mol. The minimum Gasteiger partial charge on any atom is -0.493 e. The van der Waals surface area contributed by atoms with Gasteiger partial charge < -0.3 is 20.1 Å². The molecule has 0 bridgehead atoms. The maximum atomic E-state index is 13.2. The average Bonchev–Trinajstić information content (AvgIpc) is 3.02. The number of carbonyl (C=O) groups excluding carboxylic acids is 2. The zero-order valence-electron chi connectivity index (χ0n) is 24.4. The van der Waals surface area contributed by atoms with Crippen LogP contribution in [0, 0.1) is 0 Å². The Morgan fingerprint density at radius 3 is 2.43 bits per heavy atom. The zero-order valence-corrected chi connectivity index (χ0v) is 24.4. The molecule has 0 saturated carbocycles. The number of ether oxygens (including phenoxy) is 2. The van der Waals surface area contributed by atoms with Gasteiger partial charge in [-0.3, -0.25) is 19.4 Å². The van der Waals surface area contributed by atoms with Crippen LogP contribution in [0.25, 0.3) is 0 Å². The molecule has 1 saturated heterocycles. The molecule has 42 heavy (non-hydrogen) atoms. The molecule has 0 radical (unpaired) electrons. The van der Waals surface area contributed by atoms with Gasteiger partial charge in [0.15, 0.2) is 0 Å². The maximum absolute atomic E-state index is 13.2. The van der Waals surface area contributed by atoms with E-state index in [-0.39, 0.29) is 11.8 Å². The molecule has 5 rings (SSSR count). The standard InChI is InChI=1S/C34H42N4O4/c39-33-26-38(23-27-8-3-1-4-9-27)25-31-13-12-30(21-32(31)42-17-6-2-5-14-35-33)34(40)36-22-28-10-7-11-29(20-28)24-37-15-18-41-19-16-37/h1,3-4,7-13,20-21H,2,5-6,14-19,22-26H2,(H,35,39)(H,36,40). The SMILES string of the molecule is O=C1CN(Cc2ccccc2)Cc2ccc(C(=O)NCc3cccc(CN4CCOCC4)c3)cc2OCCCCCN1. The molecule has 0 spiro atoms. The third-order valence-corrected chi connectivity index (χ3v) is 7.69. The number of morpholine rings is 1. The first-order valence-corrected chi connectivity index (χ1v) is 15.1. The van der Waals surface area contributed by atoms with E-state index in [1.807, 2.05) is 42.5 Å². The highest BCUT2D eigenvalue weighted by Gasteiger charge is 2.18. The number of nitrogens with zero attached hydrogens (tertiary/aromatic N) is 2. The van der Waals surface area contributed by atoms with Crippen LogP contribution in [0.3, 0.4) is 0 Å². The van der Waals surface area contributed by atoms with Crippen LogP contribution >= 0.6 is 0 Å². The van der Waals surface area contributed by atoms with Crippen LogP contribution in [0.15, 0.2) is 72.8 Å². The molecule has 3 aromatic carbocycles. The smallest absolute Gasteiger partial charge is 0.251 e. The Hall–Kier alpha value is -3.72. The van der Waals surface area contributed by atoms with E-state index < -0.39 is 0 Å². The van der Waals surface area contributed by atoms with Gasteiger partial charge in [-0.25, -0.2) is 0 Å². The number of hydrogen-bond donors (Lipinski definition) is 2. The molecule has 2 aliphatic heterocycles. The first-order valence-electron chi connectivity index (χ1n) is 15.1. The molecule has 2 aliphatic rings. The number of nitrogens with one attached hydrogen (secondary N) is 2. The van der Waals surface area contributed by atoms with Crippen LogP contribution in [0.1, 0.15) is 51.9 Å². The van der Waals surface area contributed by atoms with Gasteiger partial charge in [0.1, 0.15) is 5.75 Å². The van der Waals surface area contributed by atoms with Crippen molar-refractivity contribution in [1.29, 1.82) is 0 Å². The highest BCUT2D eigenvalue weighted by Crippen LogP contribution is 2.24. The molecule has 3 aromatic rings. The first kappa shape index (κ1) is 29.8. The number of fused-ring (bicyclic) bond motifs is 1. The van der Waals surface area contributed by atoms with E-state index in [2.05, 4.69) is 50.8 Å². The van der Waals surface area contributed by atoms with Crippen molar-refractivity contribution in [2.24, 2.45) is 0 Å². The van der Waals surface area contributed by atoms with Crippen LogP contribution in [-0.4, -0.2) is 67.6 Å². The number of rotatable bonds is 7. The number of amides is 2. The van der Waals surface area contributed by atoms with Crippen molar-refractivity contribution in [3.63, 3.8) is 0 Å². The summed E-state index contributed by atoms with van der Waals surface area (Å²) in [5, 5.41) is 6.14. The second kappa shape index (κ2) is 15.5. The molecule has 1 fully saturated rings. The molecule has 0 aliphatic carbocycles. The van der Waals surface area contributed by atoms with Gasteiger partial charge in [-0.1, -0.05) is 60.7 Å². The van der Waals surface area contributed by atoms with E-state index in [0.29, 0.717) is 50.6 Å². The second-order valence-corrected chi connectivity index (χ2v) is 11.1. The summed E-state index contributed by atoms with van der Waals surface area (Å²) in [6, 6.07) is 24.2. The quantitative estimate of drug-likeness (QED) is 0.445. The Morgan fingerprint density at radius 2 is 1.57 bits per heavy atom. The van der Waals surface area contributed by atoms with Gasteiger partial charge in [-0.2, -0.15) is 0 Å². The maximum Gasteiger partial charge on any atom is 0.251 e. The molecular formula is C34H42N4O4. The summed E-state index contributed by atoms with van der Waals surface area (Å²) in [6.07, 6.45) is 2.77. The van der Waals surface area contributed by atoms with E-state index in [4.69, 9.17) is 9.47 Å². The summed E-state index contributed by atoms with van der Waals surface area (Å²) >= 11 is 0. The Labute approximate surface area is 249 Å². The summed E-state index contributed by atoms with van der Waals surface area (Å²) in [6.45, 7) is 7.49. The monoisotopic (exact) mass is 570 g/mol. The molecule has 0 aromatic heterocycles. The average molecular weight is 571 g/mol. The van der Waals surface area contributed by atoms with E-state index in [1.165, 1.54) is 5.56 Å². The Bertz CT molecular complexity index is 1310. The molecule has 8 nitrogen and oxygen atoms in total. The molecule has 0 unspecified atom stereocenters. The van der Waals surface area contributed by atoms with Crippen molar-refractivity contribution >= 4 is 11.8 Å². The van der Waals surface area contributed by atoms with E-state index in [1.54, 1.807) is 0 Å². The predicted octanol–water partition coefficient (Wildman–Crippen LogP) is 4.13. The van der Waals surface area contributed by atoms with E-state index >= 15 is 0 Å². The Morgan fingerprint density at radius 1 is 0.786 bits per heavy atom. The van der Waals surface area contributed by atoms with Gasteiger partial charge in [-0.05, 0) is 48.1 Å². The second-order valence-electron chi connectivity index (χ2n) is 11.1. The summed E-state index contributed by atoms with van der Waals surface area (Å²) in [7, 11) is 0. The third-order valence-electron chi connectivity index (χ3n) is 7.69. The van der Waals surface area contributed by atoms with Crippen molar-refractivity contribution < 1.29 is 19.1 Å². The van der Waals surface area contributed by atoms with Gasteiger partial charge in [0.05, 0.1) is 26.4 Å². The van der Waals surface area contributed by atoms with Gasteiger partial charge in [0.2, 0.25) is 5.91 Å². The highest BCUT2D eigenvalue weighted by molar-refractivity contribution is 5.94. The fourth-order valence-electron chi connectivity index (χ4n) is 5.42. The normalized spacial score (nSPS) is 17.5. The number of hydrogen-bond acceptors (Lipinski definition) is 6. The summed E-state index contributed by atoms with van der Waals surface area (Å²) < 4.78 is 11.7. The summed E-state index contributed by atoms with van der Waals surface area (Å²) in [5.74, 6) is 0.592. The fourth-order valence-corrected chi connectivity index (χ4v) is 5.42. The van der Waals surface area contributed by atoms with Crippen LogP contribution in [0.4, 0.5) is 0 Å². The minimum atomic E-state index is -0.136. The molecule has 2 amide bonds. The van der Waals surface area contributed by atoms with Crippen molar-refractivity contribution in [2.45, 2.75) is 45.4 Å². The lowest BCUT2D eigenvalue weighted by Gasteiger charge is -2.26. The van der Waals surface area contributed by atoms with Crippen LogP contribution < -0.4 is 15.4 Å². The molecule has 0 atom stereocenters. The lowest BCUT2D eigenvalue weighted by Crippen LogP contribution is -2.37. The molecule has 2 N–H and O–H groups in total. The molecule has 8 heteroatoms. The van der Waals surface area contributed by atoms with Crippen molar-refractivity contribution in [2.75, 3.05) is 46.0 Å². The summed E-state index contributed by atoms with van der Waals surface area (Å²) in [4.78, 5) is 30.4. The molecule has 2 heterocycles. The van der Waals surface area contributed by atoms with Gasteiger partial charge >= 0.3 is 0 Å². The van der Waals surface area contributed by atoms with Gasteiger partial charge in [0.25, 0.3) is 5.91 Å². The van der Waals surface area contributed by atoms with Crippen LogP contribution in [0.2, 0.25) is 0 Å². The van der Waals surface area contributed by atoms with Crippen molar-refractivity contribution in [1.82, 2.24) is 20.4 Å². The van der Waals surface area contributed by atoms with Gasteiger partial charge in [0, 0.05) is 56.9 Å². The third kappa shape index (κ3) is 9.14. The van der Waals surface area contributed by atoms with E-state index in [0.717, 1.165) is 68.8 Å². The first-order chi connectivity index (χ1) is 20.6.